The number of rotatable bonds is 5. The van der Waals surface area contributed by atoms with Crippen molar-refractivity contribution in [1.29, 1.82) is 0 Å². The van der Waals surface area contributed by atoms with Gasteiger partial charge in [0, 0.05) is 25.6 Å². The van der Waals surface area contributed by atoms with E-state index >= 15 is 0 Å². The second-order valence-corrected chi connectivity index (χ2v) is 6.64. The molecular weight excluding hydrogens is 300 g/mol. The topological polar surface area (TPSA) is 49.9 Å². The number of amides is 2. The number of Topliss-reactive ketones (excluding diaryl/α,β-unsaturated/α-hetero) is 1. The van der Waals surface area contributed by atoms with Gasteiger partial charge in [-0.15, -0.1) is 11.3 Å². The van der Waals surface area contributed by atoms with Crippen LogP contribution < -0.4 is 0 Å². The van der Waals surface area contributed by atoms with Crippen LogP contribution in [0.25, 0.3) is 0 Å². The molecule has 6 heteroatoms. The lowest BCUT2D eigenvalue weighted by Gasteiger charge is -2.39. The third-order valence-electron chi connectivity index (χ3n) is 3.90. The molecule has 122 valence electrons. The van der Waals surface area contributed by atoms with Gasteiger partial charge in [-0.3, -0.25) is 4.79 Å². The van der Waals surface area contributed by atoms with Crippen LogP contribution in [0.2, 0.25) is 0 Å². The molecule has 0 aromatic carbocycles. The Morgan fingerprint density at radius 2 is 2.27 bits per heavy atom. The maximum Gasteiger partial charge on any atom is 0.320 e. The van der Waals surface area contributed by atoms with Crippen LogP contribution in [-0.4, -0.2) is 60.0 Å². The monoisotopic (exact) mass is 324 g/mol. The number of nitrogens with zero attached hydrogens (tertiary/aromatic N) is 2. The van der Waals surface area contributed by atoms with Crippen molar-refractivity contribution in [3.05, 3.63) is 22.4 Å². The van der Waals surface area contributed by atoms with E-state index in [-0.39, 0.29) is 23.9 Å². The highest BCUT2D eigenvalue weighted by atomic mass is 32.1. The number of hydrogen-bond acceptors (Lipinski definition) is 4. The van der Waals surface area contributed by atoms with Gasteiger partial charge in [0.05, 0.1) is 24.1 Å². The second-order valence-electron chi connectivity index (χ2n) is 5.69. The molecule has 1 aromatic rings. The van der Waals surface area contributed by atoms with Crippen molar-refractivity contribution in [2.24, 2.45) is 0 Å². The largest absolute Gasteiger partial charge is 0.377 e. The molecule has 0 N–H and O–H groups in total. The summed E-state index contributed by atoms with van der Waals surface area (Å²) in [5.74, 6) is 0.0795. The molecule has 5 nitrogen and oxygen atoms in total. The molecule has 0 bridgehead atoms. The average molecular weight is 324 g/mol. The molecule has 2 heterocycles. The van der Waals surface area contributed by atoms with Crippen molar-refractivity contribution in [1.82, 2.24) is 9.80 Å². The lowest BCUT2D eigenvalue weighted by Crippen LogP contribution is -2.55. The number of morpholine rings is 1. The van der Waals surface area contributed by atoms with Gasteiger partial charge in [0.1, 0.15) is 0 Å². The van der Waals surface area contributed by atoms with Gasteiger partial charge in [0.2, 0.25) is 0 Å². The number of ether oxygens (including phenoxy) is 1. The average Bonchev–Trinajstić information content (AvgIpc) is 3.02. The lowest BCUT2D eigenvalue weighted by molar-refractivity contribution is 0.00108. The van der Waals surface area contributed by atoms with E-state index in [0.29, 0.717) is 32.7 Å². The predicted molar refractivity (Wildman–Crippen MR) is 87.5 cm³/mol. The molecule has 1 aliphatic rings. The molecule has 2 rings (SSSR count). The number of carbonyl (C=O) groups excluding carboxylic acids is 2. The number of thiophene rings is 1. The highest BCUT2D eigenvalue weighted by Crippen LogP contribution is 2.19. The molecule has 1 atom stereocenters. The lowest BCUT2D eigenvalue weighted by atomic mass is 10.1. The van der Waals surface area contributed by atoms with Crippen LogP contribution in [0.4, 0.5) is 4.79 Å². The quantitative estimate of drug-likeness (QED) is 0.783. The standard InChI is InChI=1S/C16H24N2O3S/c1-4-17(12(2)3)16(20)18-7-8-21-11-13(18)10-14(19)15-6-5-9-22-15/h5-6,9,12-13H,4,7-8,10-11H2,1-3H3. The first-order valence-electron chi connectivity index (χ1n) is 7.76. The summed E-state index contributed by atoms with van der Waals surface area (Å²) >= 11 is 1.44. The van der Waals surface area contributed by atoms with E-state index in [4.69, 9.17) is 4.74 Å². The van der Waals surface area contributed by atoms with E-state index in [2.05, 4.69) is 0 Å². The molecule has 1 saturated heterocycles. The van der Waals surface area contributed by atoms with Crippen LogP contribution in [-0.2, 0) is 4.74 Å². The summed E-state index contributed by atoms with van der Waals surface area (Å²) in [6.45, 7) is 8.17. The molecule has 0 radical (unpaired) electrons. The molecular formula is C16H24N2O3S. The number of urea groups is 1. The van der Waals surface area contributed by atoms with E-state index in [9.17, 15) is 9.59 Å². The zero-order valence-electron chi connectivity index (χ0n) is 13.4. The van der Waals surface area contributed by atoms with Gasteiger partial charge in [-0.25, -0.2) is 4.79 Å². The van der Waals surface area contributed by atoms with Crippen LogP contribution in [0, 0.1) is 0 Å². The molecule has 0 spiro atoms. The van der Waals surface area contributed by atoms with Crippen molar-refractivity contribution < 1.29 is 14.3 Å². The molecule has 1 aromatic heterocycles. The summed E-state index contributed by atoms with van der Waals surface area (Å²) in [4.78, 5) is 29.4. The van der Waals surface area contributed by atoms with E-state index < -0.39 is 0 Å². The zero-order valence-corrected chi connectivity index (χ0v) is 14.3. The molecule has 0 aliphatic carbocycles. The Labute approximate surface area is 135 Å². The molecule has 1 unspecified atom stereocenters. The van der Waals surface area contributed by atoms with Gasteiger partial charge in [0.15, 0.2) is 5.78 Å². The van der Waals surface area contributed by atoms with Crippen molar-refractivity contribution in [2.75, 3.05) is 26.3 Å². The normalized spacial score (nSPS) is 18.5. The second kappa shape index (κ2) is 7.74. The summed E-state index contributed by atoms with van der Waals surface area (Å²) in [5, 5.41) is 1.89. The van der Waals surface area contributed by atoms with Gasteiger partial charge >= 0.3 is 6.03 Å². The van der Waals surface area contributed by atoms with E-state index in [0.717, 1.165) is 4.88 Å². The van der Waals surface area contributed by atoms with Crippen LogP contribution in [0.15, 0.2) is 17.5 Å². The number of carbonyl (C=O) groups is 2. The maximum absolute atomic E-state index is 12.7. The van der Waals surface area contributed by atoms with Crippen LogP contribution in [0.3, 0.4) is 0 Å². The predicted octanol–water partition coefficient (Wildman–Crippen LogP) is 2.87. The minimum absolute atomic E-state index is 0.00443. The summed E-state index contributed by atoms with van der Waals surface area (Å²) in [6, 6.07) is 3.67. The Kier molecular flexibility index (Phi) is 5.97. The first kappa shape index (κ1) is 17.0. The first-order valence-corrected chi connectivity index (χ1v) is 8.64. The van der Waals surface area contributed by atoms with Crippen molar-refractivity contribution in [3.63, 3.8) is 0 Å². The van der Waals surface area contributed by atoms with Gasteiger partial charge < -0.3 is 14.5 Å². The summed E-state index contributed by atoms with van der Waals surface area (Å²) in [5.41, 5.74) is 0. The molecule has 22 heavy (non-hydrogen) atoms. The summed E-state index contributed by atoms with van der Waals surface area (Å²) < 4.78 is 5.49. The Balaban J connectivity index is 2.07. The SMILES string of the molecule is CCN(C(=O)N1CCOCC1CC(=O)c1cccs1)C(C)C. The summed E-state index contributed by atoms with van der Waals surface area (Å²) in [6.07, 6.45) is 0.321. The van der Waals surface area contributed by atoms with Gasteiger partial charge in [-0.05, 0) is 32.2 Å². The van der Waals surface area contributed by atoms with Crippen LogP contribution >= 0.6 is 11.3 Å². The maximum atomic E-state index is 12.7. The molecule has 1 aliphatic heterocycles. The summed E-state index contributed by atoms with van der Waals surface area (Å²) in [7, 11) is 0. The Morgan fingerprint density at radius 3 is 2.86 bits per heavy atom. The van der Waals surface area contributed by atoms with E-state index in [1.54, 1.807) is 4.90 Å². The molecule has 0 saturated carbocycles. The van der Waals surface area contributed by atoms with E-state index in [1.807, 2.05) is 43.2 Å². The van der Waals surface area contributed by atoms with Crippen molar-refractivity contribution in [3.8, 4) is 0 Å². The van der Waals surface area contributed by atoms with Gasteiger partial charge in [0.25, 0.3) is 0 Å². The molecule has 2 amide bonds. The number of hydrogen-bond donors (Lipinski definition) is 0. The minimum Gasteiger partial charge on any atom is -0.377 e. The smallest absolute Gasteiger partial charge is 0.320 e. The fraction of sp³-hybridized carbons (Fsp3) is 0.625. The van der Waals surface area contributed by atoms with Crippen LogP contribution in [0.5, 0.6) is 0 Å². The highest BCUT2D eigenvalue weighted by molar-refractivity contribution is 7.12. The fourth-order valence-corrected chi connectivity index (χ4v) is 3.39. The van der Waals surface area contributed by atoms with Gasteiger partial charge in [-0.1, -0.05) is 6.07 Å². The molecule has 1 fully saturated rings. The van der Waals surface area contributed by atoms with Gasteiger partial charge in [-0.2, -0.15) is 0 Å². The van der Waals surface area contributed by atoms with Crippen LogP contribution in [0.1, 0.15) is 36.9 Å². The Bertz CT molecular complexity index is 501. The van der Waals surface area contributed by atoms with E-state index in [1.165, 1.54) is 11.3 Å². The van der Waals surface area contributed by atoms with Crippen molar-refractivity contribution in [2.45, 2.75) is 39.3 Å². The minimum atomic E-state index is -0.177. The third-order valence-corrected chi connectivity index (χ3v) is 4.81. The number of ketones is 1. The zero-order chi connectivity index (χ0) is 16.1. The fourth-order valence-electron chi connectivity index (χ4n) is 2.71. The Hall–Kier alpha value is -1.40. The third kappa shape index (κ3) is 3.87. The highest BCUT2D eigenvalue weighted by Gasteiger charge is 2.32. The first-order chi connectivity index (χ1) is 10.5. The van der Waals surface area contributed by atoms with Crippen molar-refractivity contribution >= 4 is 23.2 Å². The Morgan fingerprint density at radius 1 is 1.50 bits per heavy atom.